The number of rotatable bonds is 11. The van der Waals surface area contributed by atoms with E-state index in [0.717, 1.165) is 34.9 Å². The summed E-state index contributed by atoms with van der Waals surface area (Å²) in [6.07, 6.45) is 1.00. The Morgan fingerprint density at radius 2 is 0.947 bits per heavy atom. The lowest BCUT2D eigenvalue weighted by molar-refractivity contribution is 0.0696. The van der Waals surface area contributed by atoms with Gasteiger partial charge in [0.15, 0.2) is 7.49 Å². The molecule has 0 aliphatic rings. The van der Waals surface area contributed by atoms with Crippen molar-refractivity contribution < 1.29 is 32.2 Å². The van der Waals surface area contributed by atoms with Gasteiger partial charge in [0.05, 0.1) is 16.0 Å². The lowest BCUT2D eigenvalue weighted by Crippen LogP contribution is -2.16. The number of carboxylic acids is 2. The first-order chi connectivity index (χ1) is 18.2. The van der Waals surface area contributed by atoms with Crippen LogP contribution in [0.5, 0.6) is 0 Å². The highest BCUT2D eigenvalue weighted by Gasteiger charge is 2.46. The lowest BCUT2D eigenvalue weighted by Gasteiger charge is -2.26. The highest BCUT2D eigenvalue weighted by Crippen LogP contribution is 2.68. The number of carboxylic acid groups (broad SMARTS) is 2. The van der Waals surface area contributed by atoms with E-state index in [1.54, 1.807) is 0 Å². The summed E-state index contributed by atoms with van der Waals surface area (Å²) in [6, 6.07) is 31.1. The van der Waals surface area contributed by atoms with Crippen molar-refractivity contribution in [3.8, 4) is 0 Å². The number of hydrogen-bond acceptors (Lipinski definition) is 5. The van der Waals surface area contributed by atoms with Gasteiger partial charge in [-0.3, -0.25) is 0 Å². The van der Waals surface area contributed by atoms with Gasteiger partial charge in [-0.2, -0.15) is 8.42 Å². The Kier molecular flexibility index (Phi) is 8.37. The van der Waals surface area contributed by atoms with Crippen molar-refractivity contribution >= 4 is 29.5 Å². The Morgan fingerprint density at radius 1 is 0.605 bits per heavy atom. The van der Waals surface area contributed by atoms with E-state index < -0.39 is 45.6 Å². The van der Waals surface area contributed by atoms with Gasteiger partial charge in [-0.25, -0.2) is 9.59 Å². The topological polar surface area (TPSA) is 118 Å². The molecule has 0 atom stereocenters. The summed E-state index contributed by atoms with van der Waals surface area (Å²) in [5.41, 5.74) is 1.78. The van der Waals surface area contributed by atoms with Crippen LogP contribution < -0.4 is 0 Å². The molecule has 0 aliphatic heterocycles. The molecule has 4 rings (SSSR count). The Bertz CT molecular complexity index is 1390. The van der Waals surface area contributed by atoms with Crippen LogP contribution in [0, 0.1) is 0 Å². The smallest absolute Gasteiger partial charge is 0.335 e. The van der Waals surface area contributed by atoms with Gasteiger partial charge in [0.1, 0.15) is 18.5 Å². The van der Waals surface area contributed by atoms with E-state index in [1.807, 2.05) is 91.0 Å². The van der Waals surface area contributed by atoms with Crippen LogP contribution in [0.1, 0.15) is 37.4 Å². The van der Waals surface area contributed by atoms with E-state index in [9.17, 15) is 28.2 Å². The summed E-state index contributed by atoms with van der Waals surface area (Å²) < 4.78 is 33.8. The minimum Gasteiger partial charge on any atom is -0.478 e. The van der Waals surface area contributed by atoms with Crippen LogP contribution in [0.3, 0.4) is 0 Å². The van der Waals surface area contributed by atoms with E-state index in [1.165, 1.54) is 0 Å². The number of hydrogen-bond donors (Lipinski definition) is 2. The molecule has 7 nitrogen and oxygen atoms in total. The van der Waals surface area contributed by atoms with Crippen molar-refractivity contribution in [3.63, 3.8) is 0 Å². The molecule has 0 aliphatic carbocycles. The zero-order chi connectivity index (χ0) is 27.2. The number of aromatic carboxylic acids is 2. The molecule has 0 saturated carbocycles. The van der Waals surface area contributed by atoms with Gasteiger partial charge in [-0.1, -0.05) is 91.0 Å². The van der Waals surface area contributed by atoms with Crippen molar-refractivity contribution in [2.45, 2.75) is 23.4 Å². The first-order valence-corrected chi connectivity index (χ1v) is 15.4. The molecule has 4 aromatic carbocycles. The van der Waals surface area contributed by atoms with Crippen LogP contribution in [0.2, 0.25) is 0 Å². The second kappa shape index (κ2) is 11.7. The third-order valence-corrected chi connectivity index (χ3v) is 11.6. The van der Waals surface area contributed by atoms with Gasteiger partial charge in [-0.15, -0.1) is 3.97 Å². The molecule has 0 aromatic heterocycles. The molecule has 0 radical (unpaired) electrons. The summed E-state index contributed by atoms with van der Waals surface area (Å²) in [6.45, 7) is 0. The van der Waals surface area contributed by atoms with Crippen LogP contribution in [0.4, 0.5) is 0 Å². The molecule has 0 saturated heterocycles. The largest absolute Gasteiger partial charge is 0.478 e. The molecule has 0 bridgehead atoms. The first kappa shape index (κ1) is 27.2. The fraction of sp³-hybridized carbons (Fsp3) is 0.103. The molecular weight excluding hydrogens is 523 g/mol. The maximum Gasteiger partial charge on any atom is 0.335 e. The van der Waals surface area contributed by atoms with Crippen LogP contribution >= 0.6 is 7.49 Å². The molecule has 0 amide bonds. The molecule has 2 N–H and O–H groups in total. The van der Waals surface area contributed by atoms with Gasteiger partial charge >= 0.3 is 22.1 Å². The number of carbonyl (C=O) groups is 2. The fourth-order valence-electron chi connectivity index (χ4n) is 4.24. The van der Waals surface area contributed by atoms with Crippen molar-refractivity contribution in [1.29, 1.82) is 0 Å². The van der Waals surface area contributed by atoms with E-state index in [2.05, 4.69) is 0 Å². The third kappa shape index (κ3) is 6.92. The van der Waals surface area contributed by atoms with Crippen molar-refractivity contribution in [2.75, 3.05) is 0 Å². The zero-order valence-electron chi connectivity index (χ0n) is 20.3. The molecular formula is C29H26O7PS+. The highest BCUT2D eigenvalue weighted by atomic mass is 32.2. The Morgan fingerprint density at radius 3 is 1.26 bits per heavy atom. The predicted molar refractivity (Wildman–Crippen MR) is 146 cm³/mol. The predicted octanol–water partition coefficient (Wildman–Crippen LogP) is 6.32. The minimum atomic E-state index is -4.57. The van der Waals surface area contributed by atoms with Gasteiger partial charge in [-0.05, 0) is 34.9 Å². The van der Waals surface area contributed by atoms with Crippen molar-refractivity contribution in [3.05, 3.63) is 137 Å². The van der Waals surface area contributed by atoms with Gasteiger partial charge in [0, 0.05) is 0 Å². The summed E-state index contributed by atoms with van der Waals surface area (Å²) in [5, 5.41) is 19.0. The van der Waals surface area contributed by atoms with E-state index in [4.69, 9.17) is 3.97 Å². The quantitative estimate of drug-likeness (QED) is 0.210. The van der Waals surface area contributed by atoms with Crippen LogP contribution in [0.15, 0.2) is 114 Å². The van der Waals surface area contributed by atoms with Gasteiger partial charge in [0.2, 0.25) is 0 Å². The molecule has 0 spiro atoms. The van der Waals surface area contributed by atoms with Crippen molar-refractivity contribution in [2.24, 2.45) is 0 Å². The summed E-state index contributed by atoms with van der Waals surface area (Å²) in [4.78, 5) is 22.8. The second-order valence-electron chi connectivity index (χ2n) is 8.87. The summed E-state index contributed by atoms with van der Waals surface area (Å²) in [5.74, 6) is -2.88. The van der Waals surface area contributed by atoms with Crippen molar-refractivity contribution in [1.82, 2.24) is 0 Å². The van der Waals surface area contributed by atoms with E-state index in [0.29, 0.717) is 18.5 Å². The van der Waals surface area contributed by atoms with Crippen LogP contribution in [-0.4, -0.2) is 30.6 Å². The standard InChI is InChI=1S/C29H25O7PS/c30-28(31)25-16-26(29(32)33)18-27(17-25)38(34,35)36-37(19-22-10-4-1-5-11-22,20-23-12-6-2-7-13-23)21-24-14-8-3-9-15-24/h1-18H,19-21H2,(H-,30,31,32,33)/p+1. The Labute approximate surface area is 221 Å². The molecule has 38 heavy (non-hydrogen) atoms. The first-order valence-electron chi connectivity index (χ1n) is 11.7. The summed E-state index contributed by atoms with van der Waals surface area (Å²) >= 11 is 0. The molecule has 9 heteroatoms. The molecule has 0 heterocycles. The minimum absolute atomic E-state index is 0.335. The summed E-state index contributed by atoms with van der Waals surface area (Å²) in [7, 11) is -7.48. The molecule has 0 fully saturated rings. The zero-order valence-corrected chi connectivity index (χ0v) is 22.0. The molecule has 0 unspecified atom stereocenters. The van der Waals surface area contributed by atoms with Gasteiger partial charge in [0.25, 0.3) is 0 Å². The second-order valence-corrected chi connectivity index (χ2v) is 13.9. The average molecular weight is 550 g/mol. The fourth-order valence-corrected chi connectivity index (χ4v) is 10.4. The Hall–Kier alpha value is -3.84. The highest BCUT2D eigenvalue weighted by molar-refractivity contribution is 7.93. The van der Waals surface area contributed by atoms with Crippen LogP contribution in [-0.2, 0) is 32.6 Å². The number of benzene rings is 4. The normalized spacial score (nSPS) is 11.7. The average Bonchev–Trinajstić information content (AvgIpc) is 2.89. The van der Waals surface area contributed by atoms with E-state index >= 15 is 0 Å². The van der Waals surface area contributed by atoms with Gasteiger partial charge < -0.3 is 10.2 Å². The molecule has 4 aromatic rings. The lowest BCUT2D eigenvalue weighted by atomic mass is 10.1. The molecule has 194 valence electrons. The Balaban J connectivity index is 1.86. The maximum absolute atomic E-state index is 13.8. The SMILES string of the molecule is O=C(O)c1cc(C(=O)O)cc(S(=O)(=O)O[P+](Cc2ccccc2)(Cc2ccccc2)Cc2ccccc2)c1. The monoisotopic (exact) mass is 549 g/mol. The third-order valence-electron chi connectivity index (χ3n) is 5.89. The van der Waals surface area contributed by atoms with Crippen LogP contribution in [0.25, 0.3) is 0 Å². The van der Waals surface area contributed by atoms with E-state index in [-0.39, 0.29) is 0 Å². The maximum atomic E-state index is 13.8.